The first-order valence-corrected chi connectivity index (χ1v) is 7.48. The average Bonchev–Trinajstić information content (AvgIpc) is 2.29. The summed E-state index contributed by atoms with van der Waals surface area (Å²) in [6.45, 7) is 0. The molecule has 1 atom stereocenters. The van der Waals surface area contributed by atoms with Crippen molar-refractivity contribution in [1.82, 2.24) is 0 Å². The predicted molar refractivity (Wildman–Crippen MR) is 76.0 cm³/mol. The van der Waals surface area contributed by atoms with Crippen molar-refractivity contribution in [3.63, 3.8) is 0 Å². The van der Waals surface area contributed by atoms with Gasteiger partial charge in [-0.2, -0.15) is 0 Å². The van der Waals surface area contributed by atoms with Crippen molar-refractivity contribution in [2.45, 2.75) is 42.5 Å². The Bertz CT molecular complexity index is 394. The second kappa shape index (κ2) is 5.89. The highest BCUT2D eigenvalue weighted by atomic mass is 79.9. The maximum atomic E-state index is 13.7. The fourth-order valence-corrected chi connectivity index (χ4v) is 3.64. The summed E-state index contributed by atoms with van der Waals surface area (Å²) in [4.78, 5) is 0.187. The summed E-state index contributed by atoms with van der Waals surface area (Å²) in [5.74, 6) is -0.230. The van der Waals surface area contributed by atoms with Gasteiger partial charge in [-0.25, -0.2) is 4.39 Å². The van der Waals surface area contributed by atoms with E-state index in [-0.39, 0.29) is 16.2 Å². The molecule has 1 aliphatic rings. The van der Waals surface area contributed by atoms with Crippen LogP contribution in [0.2, 0.25) is 5.02 Å². The van der Waals surface area contributed by atoms with Crippen LogP contribution in [-0.4, -0.2) is 17.5 Å². The Labute approximate surface area is 121 Å². The Balaban J connectivity index is 2.01. The second-order valence-corrected chi connectivity index (χ2v) is 6.65. The Morgan fingerprint density at radius 3 is 2.72 bits per heavy atom. The maximum Gasteiger partial charge on any atom is 0.127 e. The first-order chi connectivity index (χ1) is 8.56. The Kier molecular flexibility index (Phi) is 4.68. The molecule has 1 aromatic carbocycles. The van der Waals surface area contributed by atoms with Crippen molar-refractivity contribution in [2.75, 3.05) is 7.11 Å². The van der Waals surface area contributed by atoms with Gasteiger partial charge in [-0.15, -0.1) is 0 Å². The summed E-state index contributed by atoms with van der Waals surface area (Å²) in [5.41, 5.74) is 0.581. The summed E-state index contributed by atoms with van der Waals surface area (Å²) in [7, 11) is 1.76. The molecule has 0 heterocycles. The van der Waals surface area contributed by atoms with Crippen molar-refractivity contribution in [3.05, 3.63) is 34.6 Å². The van der Waals surface area contributed by atoms with Crippen LogP contribution in [0, 0.1) is 5.82 Å². The van der Waals surface area contributed by atoms with Crippen LogP contribution in [0.3, 0.4) is 0 Å². The molecule has 0 radical (unpaired) electrons. The molecular weight excluding hydrogens is 319 g/mol. The van der Waals surface area contributed by atoms with Crippen LogP contribution in [-0.2, 0) is 11.2 Å². The molecule has 18 heavy (non-hydrogen) atoms. The van der Waals surface area contributed by atoms with Crippen LogP contribution in [0.4, 0.5) is 4.39 Å². The minimum atomic E-state index is -0.230. The predicted octanol–water partition coefficient (Wildman–Crippen LogP) is 4.74. The van der Waals surface area contributed by atoms with Crippen molar-refractivity contribution in [2.24, 2.45) is 0 Å². The number of halogens is 3. The molecule has 0 aromatic heterocycles. The van der Waals surface area contributed by atoms with Crippen LogP contribution in [0.5, 0.6) is 0 Å². The van der Waals surface area contributed by atoms with E-state index >= 15 is 0 Å². The molecule has 1 unspecified atom stereocenters. The second-order valence-electron chi connectivity index (χ2n) is 4.95. The monoisotopic (exact) mass is 334 g/mol. The molecule has 0 aliphatic heterocycles. The summed E-state index contributed by atoms with van der Waals surface area (Å²) in [5, 5.41) is 0.500. The number of methoxy groups -OCH3 is 1. The third-order valence-electron chi connectivity index (χ3n) is 3.78. The normalized spacial score (nSPS) is 19.3. The smallest absolute Gasteiger partial charge is 0.127 e. The van der Waals surface area contributed by atoms with E-state index in [0.717, 1.165) is 19.3 Å². The first-order valence-electron chi connectivity index (χ1n) is 6.18. The van der Waals surface area contributed by atoms with Crippen LogP contribution in [0.15, 0.2) is 18.2 Å². The third kappa shape index (κ3) is 3.06. The van der Waals surface area contributed by atoms with Gasteiger partial charge in [0.1, 0.15) is 5.82 Å². The van der Waals surface area contributed by atoms with Gasteiger partial charge < -0.3 is 4.74 Å². The van der Waals surface area contributed by atoms with Gasteiger partial charge in [-0.3, -0.25) is 0 Å². The van der Waals surface area contributed by atoms with Gasteiger partial charge in [0.15, 0.2) is 0 Å². The fourth-order valence-electron chi connectivity index (χ4n) is 2.49. The Morgan fingerprint density at radius 2 is 2.22 bits per heavy atom. The zero-order valence-electron chi connectivity index (χ0n) is 10.4. The number of benzene rings is 1. The summed E-state index contributed by atoms with van der Waals surface area (Å²) in [6.07, 6.45) is 4.89. The lowest BCUT2D eigenvalue weighted by Crippen LogP contribution is -2.41. The van der Waals surface area contributed by atoms with Crippen molar-refractivity contribution < 1.29 is 9.13 Å². The molecule has 0 amide bonds. The molecule has 1 aromatic rings. The zero-order chi connectivity index (χ0) is 13.2. The number of hydrogen-bond donors (Lipinski definition) is 0. The summed E-state index contributed by atoms with van der Waals surface area (Å²) in [6, 6.07) is 4.82. The van der Waals surface area contributed by atoms with E-state index in [0.29, 0.717) is 17.0 Å². The largest absolute Gasteiger partial charge is 0.378 e. The molecule has 0 N–H and O–H groups in total. The molecule has 0 saturated heterocycles. The van der Waals surface area contributed by atoms with Gasteiger partial charge >= 0.3 is 0 Å². The van der Waals surface area contributed by atoms with E-state index in [4.69, 9.17) is 16.3 Å². The highest BCUT2D eigenvalue weighted by Gasteiger charge is 2.38. The Morgan fingerprint density at radius 1 is 1.50 bits per heavy atom. The summed E-state index contributed by atoms with van der Waals surface area (Å²) < 4.78 is 19.3. The van der Waals surface area contributed by atoms with Crippen molar-refractivity contribution in [1.29, 1.82) is 0 Å². The molecular formula is C14H17BrClFO. The molecule has 4 heteroatoms. The SMILES string of the molecule is COC1(CC(Br)Cc2c(F)cccc2Cl)CCC1. The van der Waals surface area contributed by atoms with Crippen molar-refractivity contribution >= 4 is 27.5 Å². The molecule has 1 fully saturated rings. The van der Waals surface area contributed by atoms with Gasteiger partial charge in [-0.1, -0.05) is 33.6 Å². The van der Waals surface area contributed by atoms with E-state index in [1.807, 2.05) is 0 Å². The Hall–Kier alpha value is -0.120. The number of hydrogen-bond acceptors (Lipinski definition) is 1. The standard InChI is InChI=1S/C14H17BrClFO/c1-18-14(6-3-7-14)9-10(15)8-11-12(16)4-2-5-13(11)17/h2,4-5,10H,3,6-9H2,1H3. The average molecular weight is 336 g/mol. The highest BCUT2D eigenvalue weighted by Crippen LogP contribution is 2.41. The van der Waals surface area contributed by atoms with Gasteiger partial charge in [0.2, 0.25) is 0 Å². The van der Waals surface area contributed by atoms with E-state index < -0.39 is 0 Å². The number of ether oxygens (including phenoxy) is 1. The van der Waals surface area contributed by atoms with Gasteiger partial charge in [-0.05, 0) is 44.2 Å². The van der Waals surface area contributed by atoms with Crippen LogP contribution < -0.4 is 0 Å². The molecule has 1 aliphatic carbocycles. The molecule has 2 rings (SSSR count). The summed E-state index contributed by atoms with van der Waals surface area (Å²) >= 11 is 9.66. The van der Waals surface area contributed by atoms with Gasteiger partial charge in [0, 0.05) is 22.5 Å². The lowest BCUT2D eigenvalue weighted by molar-refractivity contribution is -0.0771. The van der Waals surface area contributed by atoms with E-state index in [9.17, 15) is 4.39 Å². The molecule has 100 valence electrons. The van der Waals surface area contributed by atoms with E-state index in [1.165, 1.54) is 12.5 Å². The molecule has 1 nitrogen and oxygen atoms in total. The minimum Gasteiger partial charge on any atom is -0.378 e. The lowest BCUT2D eigenvalue weighted by Gasteiger charge is -2.42. The maximum absolute atomic E-state index is 13.7. The number of alkyl halides is 1. The number of rotatable bonds is 5. The quantitative estimate of drug-likeness (QED) is 0.706. The molecule has 0 spiro atoms. The topological polar surface area (TPSA) is 9.23 Å². The molecule has 1 saturated carbocycles. The molecule has 0 bridgehead atoms. The van der Waals surface area contributed by atoms with Crippen LogP contribution >= 0.6 is 27.5 Å². The van der Waals surface area contributed by atoms with Crippen LogP contribution in [0.1, 0.15) is 31.2 Å². The van der Waals surface area contributed by atoms with Gasteiger partial charge in [0.25, 0.3) is 0 Å². The third-order valence-corrected chi connectivity index (χ3v) is 4.78. The zero-order valence-corrected chi connectivity index (χ0v) is 12.7. The highest BCUT2D eigenvalue weighted by molar-refractivity contribution is 9.09. The van der Waals surface area contributed by atoms with E-state index in [1.54, 1.807) is 19.2 Å². The van der Waals surface area contributed by atoms with Gasteiger partial charge in [0.05, 0.1) is 5.60 Å². The van der Waals surface area contributed by atoms with Crippen molar-refractivity contribution in [3.8, 4) is 0 Å². The van der Waals surface area contributed by atoms with Crippen LogP contribution in [0.25, 0.3) is 0 Å². The minimum absolute atomic E-state index is 0.00804. The fraction of sp³-hybridized carbons (Fsp3) is 0.571. The lowest BCUT2D eigenvalue weighted by atomic mass is 9.76. The first kappa shape index (κ1) is 14.3. The van der Waals surface area contributed by atoms with E-state index in [2.05, 4.69) is 15.9 Å².